The zero-order valence-electron chi connectivity index (χ0n) is 6.28. The van der Waals surface area contributed by atoms with Gasteiger partial charge in [0, 0.05) is 0 Å². The van der Waals surface area contributed by atoms with Crippen LogP contribution in [0, 0.1) is 0 Å². The van der Waals surface area contributed by atoms with Crippen LogP contribution in [0.25, 0.3) is 0 Å². The molecule has 1 aliphatic rings. The molecule has 0 amide bonds. The summed E-state index contributed by atoms with van der Waals surface area (Å²) in [5.74, 6) is 0. The van der Waals surface area contributed by atoms with Gasteiger partial charge in [-0.1, -0.05) is 23.3 Å². The van der Waals surface area contributed by atoms with Crippen molar-refractivity contribution in [2.24, 2.45) is 0 Å². The largest absolute Gasteiger partial charge is 0.0818 e. The molecule has 0 nitrogen and oxygen atoms in total. The van der Waals surface area contributed by atoms with Gasteiger partial charge in [0.25, 0.3) is 0 Å². The van der Waals surface area contributed by atoms with Gasteiger partial charge in [-0.3, -0.25) is 0 Å². The van der Waals surface area contributed by atoms with Crippen molar-refractivity contribution in [1.82, 2.24) is 0 Å². The molecule has 0 aliphatic heterocycles. The number of allylic oxidation sites excluding steroid dienone is 4. The lowest BCUT2D eigenvalue weighted by molar-refractivity contribution is 0.933. The summed E-state index contributed by atoms with van der Waals surface area (Å²) < 4.78 is 0. The first kappa shape index (κ1) is 6.60. The van der Waals surface area contributed by atoms with Crippen LogP contribution < -0.4 is 0 Å². The zero-order chi connectivity index (χ0) is 6.69. The second-order valence-corrected chi connectivity index (χ2v) is 2.84. The van der Waals surface area contributed by atoms with E-state index in [4.69, 9.17) is 0 Å². The second kappa shape index (κ2) is 2.86. The summed E-state index contributed by atoms with van der Waals surface area (Å²) in [6, 6.07) is 0. The van der Waals surface area contributed by atoms with Crippen molar-refractivity contribution < 1.29 is 0 Å². The summed E-state index contributed by atoms with van der Waals surface area (Å²) in [5, 5.41) is 0. The average molecular weight is 122 g/mol. The highest BCUT2D eigenvalue weighted by Crippen LogP contribution is 2.15. The molecule has 0 heterocycles. The fourth-order valence-corrected chi connectivity index (χ4v) is 1.06. The van der Waals surface area contributed by atoms with Crippen LogP contribution in [0.5, 0.6) is 0 Å². The van der Waals surface area contributed by atoms with Gasteiger partial charge in [-0.2, -0.15) is 0 Å². The van der Waals surface area contributed by atoms with Gasteiger partial charge in [0.05, 0.1) is 0 Å². The molecule has 1 rings (SSSR count). The molecule has 0 heteroatoms. The van der Waals surface area contributed by atoms with E-state index >= 15 is 0 Å². The molecule has 0 spiro atoms. The van der Waals surface area contributed by atoms with Crippen LogP contribution in [0.4, 0.5) is 0 Å². The topological polar surface area (TPSA) is 0 Å². The molecular weight excluding hydrogens is 108 g/mol. The van der Waals surface area contributed by atoms with Gasteiger partial charge >= 0.3 is 0 Å². The molecule has 0 unspecified atom stereocenters. The number of hydrogen-bond acceptors (Lipinski definition) is 0. The third-order valence-corrected chi connectivity index (χ3v) is 1.85. The molecule has 1 aliphatic carbocycles. The van der Waals surface area contributed by atoms with E-state index < -0.39 is 0 Å². The first-order valence-electron chi connectivity index (χ1n) is 3.60. The molecule has 0 fully saturated rings. The van der Waals surface area contributed by atoms with Crippen molar-refractivity contribution in [3.8, 4) is 0 Å². The Balaban J connectivity index is 2.54. The minimum atomic E-state index is 1.15. The van der Waals surface area contributed by atoms with Crippen LogP contribution in [0.2, 0.25) is 0 Å². The molecule has 0 atom stereocenters. The Morgan fingerprint density at radius 3 is 1.89 bits per heavy atom. The van der Waals surface area contributed by atoms with Gasteiger partial charge in [-0.25, -0.2) is 0 Å². The monoisotopic (exact) mass is 122 g/mol. The van der Waals surface area contributed by atoms with Crippen molar-refractivity contribution in [1.29, 1.82) is 0 Å². The molecule has 0 radical (unpaired) electrons. The maximum absolute atomic E-state index is 2.32. The lowest BCUT2D eigenvalue weighted by atomic mass is 10.1. The number of rotatable bonds is 0. The molecule has 0 bridgehead atoms. The lowest BCUT2D eigenvalue weighted by Gasteiger charge is -1.95. The van der Waals surface area contributed by atoms with Gasteiger partial charge in [-0.15, -0.1) is 0 Å². The van der Waals surface area contributed by atoms with Crippen LogP contribution in [0.15, 0.2) is 23.3 Å². The van der Waals surface area contributed by atoms with Crippen molar-refractivity contribution in [3.05, 3.63) is 23.3 Å². The zero-order valence-corrected chi connectivity index (χ0v) is 6.28. The summed E-state index contributed by atoms with van der Waals surface area (Å²) in [6.07, 6.45) is 8.31. The predicted octanol–water partition coefficient (Wildman–Crippen LogP) is 3.06. The van der Waals surface area contributed by atoms with Gasteiger partial charge in [0.1, 0.15) is 0 Å². The Kier molecular flexibility index (Phi) is 2.10. The lowest BCUT2D eigenvalue weighted by Crippen LogP contribution is -1.75. The molecule has 0 aromatic rings. The number of hydrogen-bond donors (Lipinski definition) is 0. The normalized spacial score (nSPS) is 20.2. The van der Waals surface area contributed by atoms with E-state index in [1.54, 1.807) is 11.1 Å². The van der Waals surface area contributed by atoms with Crippen LogP contribution in [0.3, 0.4) is 0 Å². The predicted molar refractivity (Wildman–Crippen MR) is 41.4 cm³/mol. The van der Waals surface area contributed by atoms with E-state index in [0.29, 0.717) is 0 Å². The highest BCUT2D eigenvalue weighted by molar-refractivity contribution is 5.12. The first-order chi connectivity index (χ1) is 4.29. The summed E-state index contributed by atoms with van der Waals surface area (Å²) in [4.78, 5) is 0. The van der Waals surface area contributed by atoms with Gasteiger partial charge < -0.3 is 0 Å². The Morgan fingerprint density at radius 2 is 1.44 bits per heavy atom. The smallest absolute Gasteiger partial charge is 0.0164 e. The van der Waals surface area contributed by atoms with E-state index in [0.717, 1.165) is 6.42 Å². The van der Waals surface area contributed by atoms with Gasteiger partial charge in [0.2, 0.25) is 0 Å². The van der Waals surface area contributed by atoms with E-state index in [1.807, 2.05) is 0 Å². The highest BCUT2D eigenvalue weighted by atomic mass is 14.0. The summed E-state index contributed by atoms with van der Waals surface area (Å²) in [7, 11) is 0. The van der Waals surface area contributed by atoms with E-state index in [2.05, 4.69) is 26.0 Å². The fourth-order valence-electron chi connectivity index (χ4n) is 1.06. The highest BCUT2D eigenvalue weighted by Gasteiger charge is 1.95. The van der Waals surface area contributed by atoms with E-state index in [-0.39, 0.29) is 0 Å². The molecular formula is C9H14. The molecule has 0 N–H and O–H groups in total. The Bertz CT molecular complexity index is 131. The van der Waals surface area contributed by atoms with E-state index in [1.165, 1.54) is 12.8 Å². The third kappa shape index (κ3) is 2.05. The maximum Gasteiger partial charge on any atom is -0.0164 e. The Hall–Kier alpha value is -0.520. The fraction of sp³-hybridized carbons (Fsp3) is 0.556. The molecule has 0 aromatic carbocycles. The van der Waals surface area contributed by atoms with Gasteiger partial charge in [-0.05, 0) is 33.1 Å². The molecule has 0 saturated heterocycles. The molecule has 0 saturated carbocycles. The SMILES string of the molecule is CC1=CCC=C(C)CC1. The summed E-state index contributed by atoms with van der Waals surface area (Å²) in [5.41, 5.74) is 3.09. The standard InChI is InChI=1S/C9H14/c1-8-4-3-5-9(2)7-6-8/h4-5H,3,6-7H2,1-2H3. The average Bonchev–Trinajstić information content (AvgIpc) is 1.97. The van der Waals surface area contributed by atoms with Crippen molar-refractivity contribution in [2.75, 3.05) is 0 Å². The second-order valence-electron chi connectivity index (χ2n) is 2.84. The van der Waals surface area contributed by atoms with Crippen molar-refractivity contribution in [3.63, 3.8) is 0 Å². The summed E-state index contributed by atoms with van der Waals surface area (Å²) in [6.45, 7) is 4.43. The summed E-state index contributed by atoms with van der Waals surface area (Å²) >= 11 is 0. The minimum Gasteiger partial charge on any atom is -0.0818 e. The Labute approximate surface area is 57.3 Å². The third-order valence-electron chi connectivity index (χ3n) is 1.85. The van der Waals surface area contributed by atoms with Crippen molar-refractivity contribution >= 4 is 0 Å². The van der Waals surface area contributed by atoms with Gasteiger partial charge in [0.15, 0.2) is 0 Å². The van der Waals surface area contributed by atoms with Crippen molar-refractivity contribution in [2.45, 2.75) is 33.1 Å². The quantitative estimate of drug-likeness (QED) is 0.433. The minimum absolute atomic E-state index is 1.15. The maximum atomic E-state index is 2.32. The first-order valence-corrected chi connectivity index (χ1v) is 3.60. The van der Waals surface area contributed by atoms with Crippen LogP contribution in [-0.2, 0) is 0 Å². The van der Waals surface area contributed by atoms with Crippen LogP contribution >= 0.6 is 0 Å². The molecule has 0 aromatic heterocycles. The molecule has 9 heavy (non-hydrogen) atoms. The Morgan fingerprint density at radius 1 is 1.00 bits per heavy atom. The van der Waals surface area contributed by atoms with E-state index in [9.17, 15) is 0 Å². The molecule has 50 valence electrons. The van der Waals surface area contributed by atoms with Crippen LogP contribution in [-0.4, -0.2) is 0 Å². The van der Waals surface area contributed by atoms with Crippen LogP contribution in [0.1, 0.15) is 33.1 Å².